The molecule has 2 aromatic heterocycles. The zero-order valence-corrected chi connectivity index (χ0v) is 15.8. The van der Waals surface area contributed by atoms with Gasteiger partial charge >= 0.3 is 0 Å². The van der Waals surface area contributed by atoms with Gasteiger partial charge in [0.2, 0.25) is 0 Å². The molecule has 0 bridgehead atoms. The second-order valence-electron chi connectivity index (χ2n) is 6.86. The molecule has 0 unspecified atom stereocenters. The minimum atomic E-state index is -0.0622. The van der Waals surface area contributed by atoms with Crippen molar-refractivity contribution >= 4 is 17.5 Å². The molecule has 0 atom stereocenters. The number of hydrogen-bond acceptors (Lipinski definition) is 6. The largest absolute Gasteiger partial charge is 0.459 e. The van der Waals surface area contributed by atoms with Crippen LogP contribution in [-0.4, -0.2) is 47.0 Å². The van der Waals surface area contributed by atoms with Gasteiger partial charge in [0.25, 0.3) is 5.91 Å². The van der Waals surface area contributed by atoms with Gasteiger partial charge in [0, 0.05) is 38.8 Å². The van der Waals surface area contributed by atoms with Crippen LogP contribution >= 0.6 is 0 Å². The number of aryl methyl sites for hydroxylation is 1. The fraction of sp³-hybridized carbons (Fsp3) is 0.286. The number of hydrogen-bond donors (Lipinski definition) is 1. The van der Waals surface area contributed by atoms with E-state index in [0.29, 0.717) is 25.4 Å². The highest BCUT2D eigenvalue weighted by molar-refractivity contribution is 5.91. The van der Waals surface area contributed by atoms with Crippen molar-refractivity contribution < 1.29 is 9.21 Å². The lowest BCUT2D eigenvalue weighted by molar-refractivity contribution is 0.0714. The highest BCUT2D eigenvalue weighted by atomic mass is 16.3. The molecule has 0 aliphatic carbocycles. The van der Waals surface area contributed by atoms with E-state index in [9.17, 15) is 4.79 Å². The molecule has 7 heteroatoms. The predicted octanol–water partition coefficient (Wildman–Crippen LogP) is 2.95. The second kappa shape index (κ2) is 8.12. The molecular weight excluding hydrogens is 354 g/mol. The monoisotopic (exact) mass is 377 g/mol. The Labute approximate surface area is 164 Å². The molecule has 28 heavy (non-hydrogen) atoms. The highest BCUT2D eigenvalue weighted by Gasteiger charge is 2.24. The molecule has 1 N–H and O–H groups in total. The molecule has 144 valence electrons. The lowest BCUT2D eigenvalue weighted by Crippen LogP contribution is -2.49. The summed E-state index contributed by atoms with van der Waals surface area (Å²) in [6, 6.07) is 13.8. The summed E-state index contributed by atoms with van der Waals surface area (Å²) in [6.45, 7) is 5.51. The predicted molar refractivity (Wildman–Crippen MR) is 107 cm³/mol. The molecule has 1 aliphatic heterocycles. The van der Waals surface area contributed by atoms with Gasteiger partial charge in [0.1, 0.15) is 18.0 Å². The molecule has 0 saturated carbocycles. The molecule has 0 radical (unpaired) electrons. The molecule has 1 saturated heterocycles. The maximum absolute atomic E-state index is 12.4. The van der Waals surface area contributed by atoms with Crippen molar-refractivity contribution in [3.05, 3.63) is 71.9 Å². The normalized spacial score (nSPS) is 14.2. The Hall–Kier alpha value is -3.35. The first-order valence-electron chi connectivity index (χ1n) is 9.38. The summed E-state index contributed by atoms with van der Waals surface area (Å²) in [7, 11) is 0. The van der Waals surface area contributed by atoms with Crippen molar-refractivity contribution in [2.45, 2.75) is 13.5 Å². The van der Waals surface area contributed by atoms with Crippen LogP contribution in [0.1, 0.15) is 21.7 Å². The van der Waals surface area contributed by atoms with Gasteiger partial charge in [-0.1, -0.05) is 29.8 Å². The molecule has 3 heterocycles. The Morgan fingerprint density at radius 1 is 1.11 bits per heavy atom. The molecule has 0 spiro atoms. The first-order valence-corrected chi connectivity index (χ1v) is 9.38. The number of rotatable bonds is 5. The summed E-state index contributed by atoms with van der Waals surface area (Å²) in [5.74, 6) is 1.98. The van der Waals surface area contributed by atoms with E-state index in [1.807, 2.05) is 11.0 Å². The summed E-state index contributed by atoms with van der Waals surface area (Å²) in [5.41, 5.74) is 2.45. The smallest absolute Gasteiger partial charge is 0.289 e. The first kappa shape index (κ1) is 18.0. The van der Waals surface area contributed by atoms with E-state index in [1.165, 1.54) is 17.4 Å². The molecule has 1 aliphatic rings. The first-order chi connectivity index (χ1) is 13.7. The molecule has 7 nitrogen and oxygen atoms in total. The number of carbonyl (C=O) groups is 1. The summed E-state index contributed by atoms with van der Waals surface area (Å²) in [5, 5.41) is 3.35. The lowest BCUT2D eigenvalue weighted by atomic mass is 10.1. The van der Waals surface area contributed by atoms with Crippen LogP contribution in [0.3, 0.4) is 0 Å². The van der Waals surface area contributed by atoms with E-state index >= 15 is 0 Å². The average molecular weight is 377 g/mol. The summed E-state index contributed by atoms with van der Waals surface area (Å²) >= 11 is 0. The number of furan rings is 1. The van der Waals surface area contributed by atoms with Gasteiger partial charge in [-0.05, 0) is 24.6 Å². The number of aromatic nitrogens is 2. The maximum Gasteiger partial charge on any atom is 0.289 e. The van der Waals surface area contributed by atoms with Gasteiger partial charge in [-0.2, -0.15) is 0 Å². The van der Waals surface area contributed by atoms with Crippen molar-refractivity contribution in [1.29, 1.82) is 0 Å². The zero-order chi connectivity index (χ0) is 19.3. The third-order valence-corrected chi connectivity index (χ3v) is 4.87. The van der Waals surface area contributed by atoms with Gasteiger partial charge in [-0.3, -0.25) is 4.79 Å². The Kier molecular flexibility index (Phi) is 5.23. The minimum absolute atomic E-state index is 0.0622. The maximum atomic E-state index is 12.4. The van der Waals surface area contributed by atoms with Gasteiger partial charge in [-0.15, -0.1) is 0 Å². The molecule has 1 fully saturated rings. The number of nitrogens with one attached hydrogen (secondary N) is 1. The van der Waals surface area contributed by atoms with E-state index < -0.39 is 0 Å². The van der Waals surface area contributed by atoms with Gasteiger partial charge in [0.15, 0.2) is 5.76 Å². The minimum Gasteiger partial charge on any atom is -0.459 e. The Balaban J connectivity index is 1.34. The van der Waals surface area contributed by atoms with Crippen LogP contribution in [0.2, 0.25) is 0 Å². The third-order valence-electron chi connectivity index (χ3n) is 4.87. The highest BCUT2D eigenvalue weighted by Crippen LogP contribution is 2.18. The fourth-order valence-corrected chi connectivity index (χ4v) is 3.21. The average Bonchev–Trinajstić information content (AvgIpc) is 3.28. The van der Waals surface area contributed by atoms with E-state index in [1.54, 1.807) is 18.5 Å². The van der Waals surface area contributed by atoms with Crippen LogP contribution in [0.15, 0.2) is 59.5 Å². The van der Waals surface area contributed by atoms with Crippen molar-refractivity contribution in [1.82, 2.24) is 14.9 Å². The quantitative estimate of drug-likeness (QED) is 0.737. The van der Waals surface area contributed by atoms with E-state index in [2.05, 4.69) is 51.4 Å². The summed E-state index contributed by atoms with van der Waals surface area (Å²) in [4.78, 5) is 25.1. The van der Waals surface area contributed by atoms with Crippen LogP contribution in [0, 0.1) is 6.92 Å². The molecule has 1 amide bonds. The Bertz CT molecular complexity index is 916. The number of amides is 1. The van der Waals surface area contributed by atoms with Crippen molar-refractivity contribution in [3.8, 4) is 0 Å². The van der Waals surface area contributed by atoms with Crippen molar-refractivity contribution in [3.63, 3.8) is 0 Å². The molecular formula is C21H23N5O2. The second-order valence-corrected chi connectivity index (χ2v) is 6.86. The number of benzene rings is 1. The Morgan fingerprint density at radius 3 is 2.61 bits per heavy atom. The number of piperazine rings is 1. The van der Waals surface area contributed by atoms with Crippen molar-refractivity contribution in [2.75, 3.05) is 36.4 Å². The van der Waals surface area contributed by atoms with E-state index in [0.717, 1.165) is 24.7 Å². The zero-order valence-electron chi connectivity index (χ0n) is 15.8. The van der Waals surface area contributed by atoms with Crippen LogP contribution in [-0.2, 0) is 6.54 Å². The van der Waals surface area contributed by atoms with Crippen LogP contribution in [0.5, 0.6) is 0 Å². The fourth-order valence-electron chi connectivity index (χ4n) is 3.21. The van der Waals surface area contributed by atoms with Crippen LogP contribution in [0.25, 0.3) is 0 Å². The summed E-state index contributed by atoms with van der Waals surface area (Å²) in [6.07, 6.45) is 3.10. The van der Waals surface area contributed by atoms with Crippen LogP contribution < -0.4 is 10.2 Å². The molecule has 3 aromatic rings. The van der Waals surface area contributed by atoms with Gasteiger partial charge < -0.3 is 19.5 Å². The van der Waals surface area contributed by atoms with E-state index in [4.69, 9.17) is 4.42 Å². The number of nitrogens with zero attached hydrogens (tertiary/aromatic N) is 4. The van der Waals surface area contributed by atoms with Gasteiger partial charge in [-0.25, -0.2) is 9.97 Å². The molecule has 1 aromatic carbocycles. The molecule has 4 rings (SSSR count). The third kappa shape index (κ3) is 4.14. The van der Waals surface area contributed by atoms with Gasteiger partial charge in [0.05, 0.1) is 6.26 Å². The lowest BCUT2D eigenvalue weighted by Gasteiger charge is -2.35. The van der Waals surface area contributed by atoms with Crippen LogP contribution in [0.4, 0.5) is 11.6 Å². The summed E-state index contributed by atoms with van der Waals surface area (Å²) < 4.78 is 5.21. The SMILES string of the molecule is Cc1ccc(CNc2cc(N3CCN(C(=O)c4ccco4)CC3)ncn2)cc1. The number of anilines is 2. The standard InChI is InChI=1S/C21H23N5O2/c1-16-4-6-17(7-5-16)14-22-19-13-20(24-15-23-19)25-8-10-26(11-9-25)21(27)18-3-2-12-28-18/h2-7,12-13,15H,8-11,14H2,1H3,(H,22,23,24). The van der Waals surface area contributed by atoms with Crippen molar-refractivity contribution in [2.24, 2.45) is 0 Å². The topological polar surface area (TPSA) is 74.5 Å². The number of carbonyl (C=O) groups excluding carboxylic acids is 1. The van der Waals surface area contributed by atoms with E-state index in [-0.39, 0.29) is 5.91 Å². The Morgan fingerprint density at radius 2 is 1.89 bits per heavy atom.